The van der Waals surface area contributed by atoms with Crippen molar-refractivity contribution in [2.75, 3.05) is 6.61 Å². The number of nitro benzene ring substituents is 1. The maximum Gasteiger partial charge on any atom is 0.276 e. The van der Waals surface area contributed by atoms with Crippen molar-refractivity contribution in [1.29, 1.82) is 0 Å². The number of carbonyl (C=O) groups excluding carboxylic acids is 1. The lowest BCUT2D eigenvalue weighted by molar-refractivity contribution is -0.385. The van der Waals surface area contributed by atoms with Crippen molar-refractivity contribution in [3.8, 4) is 11.5 Å². The van der Waals surface area contributed by atoms with Gasteiger partial charge in [-0.25, -0.2) is 0 Å². The second kappa shape index (κ2) is 4.04. The third-order valence-corrected chi connectivity index (χ3v) is 2.87. The summed E-state index contributed by atoms with van der Waals surface area (Å²) in [6.45, 7) is 1.57. The fourth-order valence-corrected chi connectivity index (χ4v) is 1.88. The fourth-order valence-electron chi connectivity index (χ4n) is 1.88. The number of phenols is 1. The minimum absolute atomic E-state index is 0.0757. The largest absolute Gasteiger partial charge is 0.504 e. The van der Waals surface area contributed by atoms with Gasteiger partial charge in [-0.1, -0.05) is 0 Å². The Kier molecular flexibility index (Phi) is 2.71. The monoisotopic (exact) mass is 237 g/mol. The number of phenolic OH excluding ortho intramolecular Hbond substituents is 1. The fraction of sp³-hybridized carbons (Fsp3) is 0.364. The average molecular weight is 237 g/mol. The molecule has 1 unspecified atom stereocenters. The van der Waals surface area contributed by atoms with Gasteiger partial charge >= 0.3 is 0 Å². The van der Waals surface area contributed by atoms with Gasteiger partial charge in [-0.15, -0.1) is 0 Å². The molecule has 1 aromatic carbocycles. The minimum atomic E-state index is -0.538. The molecule has 1 aliphatic rings. The van der Waals surface area contributed by atoms with Gasteiger partial charge < -0.3 is 9.84 Å². The first kappa shape index (κ1) is 11.4. The Morgan fingerprint density at radius 1 is 1.59 bits per heavy atom. The molecule has 2 rings (SSSR count). The Balaban J connectivity index is 2.49. The number of aromatic hydroxyl groups is 1. The molecule has 90 valence electrons. The maximum atomic E-state index is 11.3. The molecule has 17 heavy (non-hydrogen) atoms. The van der Waals surface area contributed by atoms with Crippen molar-refractivity contribution < 1.29 is 19.6 Å². The molecule has 6 nitrogen and oxygen atoms in total. The van der Waals surface area contributed by atoms with E-state index in [1.54, 1.807) is 0 Å². The molecule has 1 N–H and O–H groups in total. The highest BCUT2D eigenvalue weighted by molar-refractivity contribution is 5.79. The van der Waals surface area contributed by atoms with E-state index in [-0.39, 0.29) is 41.9 Å². The van der Waals surface area contributed by atoms with Crippen LogP contribution in [0, 0.1) is 16.0 Å². The molecule has 0 saturated heterocycles. The molecule has 6 heteroatoms. The molecule has 1 aliphatic heterocycles. The van der Waals surface area contributed by atoms with Crippen LogP contribution in [0.4, 0.5) is 5.69 Å². The zero-order valence-corrected chi connectivity index (χ0v) is 9.17. The summed E-state index contributed by atoms with van der Waals surface area (Å²) < 4.78 is 5.24. The van der Waals surface area contributed by atoms with Crippen LogP contribution >= 0.6 is 0 Å². The van der Waals surface area contributed by atoms with Crippen LogP contribution in [0.3, 0.4) is 0 Å². The van der Waals surface area contributed by atoms with E-state index in [2.05, 4.69) is 0 Å². The number of fused-ring (bicyclic) bond motifs is 1. The Hall–Kier alpha value is -2.11. The quantitative estimate of drug-likeness (QED) is 0.620. The molecular formula is C11H11NO5. The number of benzene rings is 1. The van der Waals surface area contributed by atoms with Crippen molar-refractivity contribution in [3.05, 3.63) is 27.8 Å². The maximum absolute atomic E-state index is 11.3. The minimum Gasteiger partial charge on any atom is -0.504 e. The third kappa shape index (κ3) is 1.93. The summed E-state index contributed by atoms with van der Waals surface area (Å²) in [6.07, 6.45) is 0.232. The van der Waals surface area contributed by atoms with Gasteiger partial charge in [0.05, 0.1) is 23.0 Å². The van der Waals surface area contributed by atoms with E-state index in [9.17, 15) is 20.0 Å². The van der Waals surface area contributed by atoms with E-state index in [4.69, 9.17) is 4.74 Å². The summed E-state index contributed by atoms with van der Waals surface area (Å²) in [5.41, 5.74) is 0.171. The lowest BCUT2D eigenvalue weighted by Crippen LogP contribution is -2.27. The van der Waals surface area contributed by atoms with E-state index in [0.29, 0.717) is 5.56 Å². The SMILES string of the molecule is CC(=O)C1COc2c(O)ccc([N+](=O)[O-])c2C1. The Labute approximate surface area is 97.0 Å². The number of hydrogen-bond acceptors (Lipinski definition) is 5. The van der Waals surface area contributed by atoms with Crippen LogP contribution in [-0.2, 0) is 11.2 Å². The number of nitro groups is 1. The van der Waals surface area contributed by atoms with Crippen molar-refractivity contribution in [1.82, 2.24) is 0 Å². The third-order valence-electron chi connectivity index (χ3n) is 2.87. The molecule has 0 spiro atoms. The van der Waals surface area contributed by atoms with Crippen molar-refractivity contribution in [2.45, 2.75) is 13.3 Å². The van der Waals surface area contributed by atoms with Crippen LogP contribution < -0.4 is 4.74 Å². The molecule has 1 atom stereocenters. The molecule has 0 saturated carbocycles. The zero-order chi connectivity index (χ0) is 12.6. The molecule has 1 heterocycles. The standard InChI is InChI=1S/C11H11NO5/c1-6(13)7-4-8-9(12(15)16)2-3-10(14)11(8)17-5-7/h2-3,7,14H,4-5H2,1H3. The molecule has 0 amide bonds. The Morgan fingerprint density at radius 3 is 2.88 bits per heavy atom. The highest BCUT2D eigenvalue weighted by Gasteiger charge is 2.31. The normalized spacial score (nSPS) is 18.1. The van der Waals surface area contributed by atoms with Crippen LogP contribution in [0.15, 0.2) is 12.1 Å². The van der Waals surface area contributed by atoms with Gasteiger partial charge in [-0.3, -0.25) is 14.9 Å². The number of ketones is 1. The molecule has 1 aromatic rings. The van der Waals surface area contributed by atoms with Crippen molar-refractivity contribution in [3.63, 3.8) is 0 Å². The first-order valence-corrected chi connectivity index (χ1v) is 5.13. The van der Waals surface area contributed by atoms with Crippen LogP contribution in [0.1, 0.15) is 12.5 Å². The molecule has 0 bridgehead atoms. The molecule has 0 fully saturated rings. The molecular weight excluding hydrogens is 226 g/mol. The molecule has 0 aliphatic carbocycles. The second-order valence-corrected chi connectivity index (χ2v) is 3.99. The Morgan fingerprint density at radius 2 is 2.29 bits per heavy atom. The van der Waals surface area contributed by atoms with Crippen LogP contribution in [0.5, 0.6) is 11.5 Å². The molecule has 0 radical (unpaired) electrons. The number of ether oxygens (including phenoxy) is 1. The number of rotatable bonds is 2. The van der Waals surface area contributed by atoms with Crippen LogP contribution in [-0.4, -0.2) is 22.4 Å². The molecule has 0 aromatic heterocycles. The van der Waals surface area contributed by atoms with Crippen LogP contribution in [0.2, 0.25) is 0 Å². The van der Waals surface area contributed by atoms with Gasteiger partial charge in [0.1, 0.15) is 5.78 Å². The number of carbonyl (C=O) groups is 1. The van der Waals surface area contributed by atoms with Gasteiger partial charge in [0.25, 0.3) is 5.69 Å². The predicted octanol–water partition coefficient (Wildman–Crippen LogP) is 1.44. The summed E-state index contributed by atoms with van der Waals surface area (Å²) >= 11 is 0. The summed E-state index contributed by atoms with van der Waals surface area (Å²) in [6, 6.07) is 2.45. The van der Waals surface area contributed by atoms with Gasteiger partial charge in [-0.05, 0) is 19.4 Å². The number of nitrogens with zero attached hydrogens (tertiary/aromatic N) is 1. The number of Topliss-reactive ketones (excluding diaryl/α,β-unsaturated/α-hetero) is 1. The van der Waals surface area contributed by atoms with Gasteiger partial charge in [-0.2, -0.15) is 0 Å². The lowest BCUT2D eigenvalue weighted by Gasteiger charge is -2.23. The smallest absolute Gasteiger partial charge is 0.276 e. The summed E-state index contributed by atoms with van der Waals surface area (Å²) in [5, 5.41) is 20.4. The number of hydrogen-bond donors (Lipinski definition) is 1. The first-order chi connectivity index (χ1) is 8.00. The van der Waals surface area contributed by atoms with Gasteiger partial charge in [0.2, 0.25) is 0 Å². The highest BCUT2D eigenvalue weighted by atomic mass is 16.6. The van der Waals surface area contributed by atoms with E-state index >= 15 is 0 Å². The topological polar surface area (TPSA) is 89.7 Å². The average Bonchev–Trinajstić information content (AvgIpc) is 2.28. The highest BCUT2D eigenvalue weighted by Crippen LogP contribution is 2.40. The predicted molar refractivity (Wildman–Crippen MR) is 58.1 cm³/mol. The Bertz CT molecular complexity index is 497. The second-order valence-electron chi connectivity index (χ2n) is 3.99. The van der Waals surface area contributed by atoms with E-state index in [1.165, 1.54) is 19.1 Å². The first-order valence-electron chi connectivity index (χ1n) is 5.13. The summed E-state index contributed by atoms with van der Waals surface area (Å²) in [7, 11) is 0. The zero-order valence-electron chi connectivity index (χ0n) is 9.17. The van der Waals surface area contributed by atoms with Crippen molar-refractivity contribution >= 4 is 11.5 Å². The summed E-state index contributed by atoms with van der Waals surface area (Å²) in [5.74, 6) is -0.472. The van der Waals surface area contributed by atoms with E-state index in [1.807, 2.05) is 0 Å². The van der Waals surface area contributed by atoms with E-state index < -0.39 is 4.92 Å². The van der Waals surface area contributed by atoms with E-state index in [0.717, 1.165) is 0 Å². The van der Waals surface area contributed by atoms with Crippen LogP contribution in [0.25, 0.3) is 0 Å². The van der Waals surface area contributed by atoms with Gasteiger partial charge in [0, 0.05) is 6.07 Å². The van der Waals surface area contributed by atoms with Crippen molar-refractivity contribution in [2.24, 2.45) is 5.92 Å². The lowest BCUT2D eigenvalue weighted by atomic mass is 9.92. The van der Waals surface area contributed by atoms with Gasteiger partial charge in [0.15, 0.2) is 11.5 Å². The summed E-state index contributed by atoms with van der Waals surface area (Å²) in [4.78, 5) is 21.6.